The van der Waals surface area contributed by atoms with Crippen molar-refractivity contribution in [3.8, 4) is 0 Å². The summed E-state index contributed by atoms with van der Waals surface area (Å²) in [5, 5.41) is 2.95. The van der Waals surface area contributed by atoms with Crippen LogP contribution >= 0.6 is 0 Å². The zero-order valence-electron chi connectivity index (χ0n) is 9.94. The van der Waals surface area contributed by atoms with E-state index in [9.17, 15) is 4.79 Å². The Hall–Kier alpha value is -1.35. The molecule has 3 nitrogen and oxygen atoms in total. The maximum atomic E-state index is 11.5. The molecule has 1 atom stereocenters. The number of amides is 1. The van der Waals surface area contributed by atoms with E-state index in [1.54, 1.807) is 0 Å². The molecule has 0 bridgehead atoms. The Morgan fingerprint density at radius 1 is 1.31 bits per heavy atom. The molecular formula is C13H20N2O. The molecular weight excluding hydrogens is 200 g/mol. The van der Waals surface area contributed by atoms with Gasteiger partial charge in [-0.25, -0.2) is 0 Å². The van der Waals surface area contributed by atoms with Crippen molar-refractivity contribution in [3.05, 3.63) is 35.9 Å². The second-order valence-electron chi connectivity index (χ2n) is 4.29. The van der Waals surface area contributed by atoms with Gasteiger partial charge in [-0.2, -0.15) is 0 Å². The average Bonchev–Trinajstić information content (AvgIpc) is 2.29. The summed E-state index contributed by atoms with van der Waals surface area (Å²) in [7, 11) is 0. The number of hydrogen-bond donors (Lipinski definition) is 2. The van der Waals surface area contributed by atoms with Gasteiger partial charge in [0.15, 0.2) is 0 Å². The van der Waals surface area contributed by atoms with Crippen molar-refractivity contribution in [2.24, 2.45) is 11.7 Å². The fraction of sp³-hybridized carbons (Fsp3) is 0.462. The number of nitrogens with two attached hydrogens (primary N) is 1. The monoisotopic (exact) mass is 220 g/mol. The van der Waals surface area contributed by atoms with Gasteiger partial charge in [-0.3, -0.25) is 4.79 Å². The summed E-state index contributed by atoms with van der Waals surface area (Å²) in [5.74, 6) is 0.0659. The molecule has 3 N–H and O–H groups in total. The molecule has 0 aromatic heterocycles. The van der Waals surface area contributed by atoms with E-state index in [1.807, 2.05) is 44.2 Å². The number of hydrogen-bond acceptors (Lipinski definition) is 2. The first-order valence-electron chi connectivity index (χ1n) is 5.68. The summed E-state index contributed by atoms with van der Waals surface area (Å²) in [5.41, 5.74) is 6.85. The van der Waals surface area contributed by atoms with E-state index < -0.39 is 0 Å². The largest absolute Gasteiger partial charge is 0.352 e. The molecule has 1 aromatic rings. The minimum absolute atomic E-state index is 0.00447. The fourth-order valence-electron chi connectivity index (χ4n) is 1.46. The number of nitrogens with one attached hydrogen (secondary N) is 1. The van der Waals surface area contributed by atoms with Gasteiger partial charge in [0, 0.05) is 18.5 Å². The Labute approximate surface area is 97.0 Å². The third kappa shape index (κ3) is 4.03. The van der Waals surface area contributed by atoms with E-state index in [1.165, 1.54) is 5.56 Å². The Morgan fingerprint density at radius 3 is 2.44 bits per heavy atom. The molecule has 1 aromatic carbocycles. The van der Waals surface area contributed by atoms with Gasteiger partial charge in [-0.15, -0.1) is 0 Å². The zero-order chi connectivity index (χ0) is 12.0. The van der Waals surface area contributed by atoms with Crippen LogP contribution in [0.1, 0.15) is 19.4 Å². The molecule has 0 saturated carbocycles. The van der Waals surface area contributed by atoms with Crippen molar-refractivity contribution in [1.82, 2.24) is 5.32 Å². The summed E-state index contributed by atoms with van der Waals surface area (Å²) < 4.78 is 0. The number of carbonyl (C=O) groups is 1. The molecule has 3 heteroatoms. The summed E-state index contributed by atoms with van der Waals surface area (Å²) in [6, 6.07) is 10.1. The highest BCUT2D eigenvalue weighted by atomic mass is 16.1. The van der Waals surface area contributed by atoms with Crippen LogP contribution in [0.5, 0.6) is 0 Å². The molecule has 88 valence electrons. The molecule has 0 aliphatic carbocycles. The highest BCUT2D eigenvalue weighted by molar-refractivity contribution is 5.78. The van der Waals surface area contributed by atoms with Crippen LogP contribution in [-0.4, -0.2) is 18.5 Å². The maximum absolute atomic E-state index is 11.5. The molecule has 1 unspecified atom stereocenters. The van der Waals surface area contributed by atoms with Crippen LogP contribution in [0, 0.1) is 5.92 Å². The first kappa shape index (κ1) is 12.7. The van der Waals surface area contributed by atoms with Crippen LogP contribution in [0.2, 0.25) is 0 Å². The molecule has 0 fully saturated rings. The van der Waals surface area contributed by atoms with Crippen molar-refractivity contribution in [3.63, 3.8) is 0 Å². The molecule has 0 saturated heterocycles. The summed E-state index contributed by atoms with van der Waals surface area (Å²) in [6.45, 7) is 4.23. The van der Waals surface area contributed by atoms with Crippen LogP contribution in [0.25, 0.3) is 0 Å². The van der Waals surface area contributed by atoms with Gasteiger partial charge in [-0.05, 0) is 12.0 Å². The van der Waals surface area contributed by atoms with E-state index in [0.29, 0.717) is 6.54 Å². The third-order valence-corrected chi connectivity index (χ3v) is 2.48. The number of carbonyl (C=O) groups excluding carboxylic acids is 1. The lowest BCUT2D eigenvalue weighted by Gasteiger charge is -2.18. The second kappa shape index (κ2) is 6.28. The fourth-order valence-corrected chi connectivity index (χ4v) is 1.46. The average molecular weight is 220 g/mol. The van der Waals surface area contributed by atoms with Gasteiger partial charge in [-0.1, -0.05) is 44.2 Å². The maximum Gasteiger partial charge on any atom is 0.222 e. The van der Waals surface area contributed by atoms with Gasteiger partial charge >= 0.3 is 0 Å². The first-order chi connectivity index (χ1) is 7.63. The van der Waals surface area contributed by atoms with Crippen LogP contribution in [0.15, 0.2) is 30.3 Å². The Balaban J connectivity index is 2.53. The molecule has 16 heavy (non-hydrogen) atoms. The van der Waals surface area contributed by atoms with Crippen molar-refractivity contribution in [1.29, 1.82) is 0 Å². The van der Waals surface area contributed by atoms with Crippen LogP contribution < -0.4 is 11.1 Å². The predicted molar refractivity (Wildman–Crippen MR) is 66.0 cm³/mol. The standard InChI is InChI=1S/C13H20N2O/c1-10(2)13(16)15-12(9-14)8-11-6-4-3-5-7-11/h3-7,10,12H,8-9,14H2,1-2H3,(H,15,16). The molecule has 1 rings (SSSR count). The van der Waals surface area contributed by atoms with Crippen molar-refractivity contribution in [2.45, 2.75) is 26.3 Å². The van der Waals surface area contributed by atoms with Gasteiger partial charge in [0.05, 0.1) is 0 Å². The minimum Gasteiger partial charge on any atom is -0.352 e. The third-order valence-electron chi connectivity index (χ3n) is 2.48. The smallest absolute Gasteiger partial charge is 0.222 e. The SMILES string of the molecule is CC(C)C(=O)NC(CN)Cc1ccccc1. The van der Waals surface area contributed by atoms with Crippen molar-refractivity contribution < 1.29 is 4.79 Å². The summed E-state index contributed by atoms with van der Waals surface area (Å²) in [6.07, 6.45) is 0.787. The quantitative estimate of drug-likeness (QED) is 0.786. The molecule has 0 spiro atoms. The van der Waals surface area contributed by atoms with Crippen molar-refractivity contribution >= 4 is 5.91 Å². The lowest BCUT2D eigenvalue weighted by molar-refractivity contribution is -0.124. The predicted octanol–water partition coefficient (Wildman–Crippen LogP) is 1.33. The van der Waals surface area contributed by atoms with Crippen LogP contribution in [0.4, 0.5) is 0 Å². The topological polar surface area (TPSA) is 55.1 Å². The van der Waals surface area contributed by atoms with E-state index in [0.717, 1.165) is 6.42 Å². The lowest BCUT2D eigenvalue weighted by Crippen LogP contribution is -2.43. The Kier molecular flexibility index (Phi) is 4.99. The summed E-state index contributed by atoms with van der Waals surface area (Å²) in [4.78, 5) is 11.5. The Morgan fingerprint density at radius 2 is 1.94 bits per heavy atom. The van der Waals surface area contributed by atoms with Crippen molar-refractivity contribution in [2.75, 3.05) is 6.54 Å². The normalized spacial score (nSPS) is 12.5. The van der Waals surface area contributed by atoms with Gasteiger partial charge in [0.1, 0.15) is 0 Å². The highest BCUT2D eigenvalue weighted by Crippen LogP contribution is 2.03. The van der Waals surface area contributed by atoms with E-state index in [-0.39, 0.29) is 17.9 Å². The Bertz CT molecular complexity index is 322. The number of rotatable bonds is 5. The van der Waals surface area contributed by atoms with Gasteiger partial charge in [0.25, 0.3) is 0 Å². The van der Waals surface area contributed by atoms with Crippen LogP contribution in [0.3, 0.4) is 0 Å². The van der Waals surface area contributed by atoms with E-state index in [2.05, 4.69) is 5.32 Å². The highest BCUT2D eigenvalue weighted by Gasteiger charge is 2.13. The molecule has 0 radical (unpaired) electrons. The molecule has 0 heterocycles. The van der Waals surface area contributed by atoms with Gasteiger partial charge in [0.2, 0.25) is 5.91 Å². The van der Waals surface area contributed by atoms with E-state index in [4.69, 9.17) is 5.73 Å². The number of benzene rings is 1. The van der Waals surface area contributed by atoms with Crippen LogP contribution in [-0.2, 0) is 11.2 Å². The van der Waals surface area contributed by atoms with Gasteiger partial charge < -0.3 is 11.1 Å². The first-order valence-corrected chi connectivity index (χ1v) is 5.68. The molecule has 0 aliphatic heterocycles. The molecule has 0 aliphatic rings. The minimum atomic E-state index is 0.00447. The lowest BCUT2D eigenvalue weighted by atomic mass is 10.1. The second-order valence-corrected chi connectivity index (χ2v) is 4.29. The summed E-state index contributed by atoms with van der Waals surface area (Å²) >= 11 is 0. The molecule has 1 amide bonds. The zero-order valence-corrected chi connectivity index (χ0v) is 9.94. The van der Waals surface area contributed by atoms with E-state index >= 15 is 0 Å².